The molecule has 1 fully saturated rings. The summed E-state index contributed by atoms with van der Waals surface area (Å²) in [5, 5.41) is 7.38. The molecule has 4 nitrogen and oxygen atoms in total. The molecule has 1 atom stereocenters. The van der Waals surface area contributed by atoms with Gasteiger partial charge >= 0.3 is 0 Å². The summed E-state index contributed by atoms with van der Waals surface area (Å²) < 4.78 is 1.94. The molecule has 1 unspecified atom stereocenters. The van der Waals surface area contributed by atoms with E-state index in [0.717, 1.165) is 10.7 Å². The van der Waals surface area contributed by atoms with Crippen LogP contribution in [0.15, 0.2) is 41.4 Å². The fraction of sp³-hybridized carbons (Fsp3) is 0.500. The molecule has 1 aliphatic rings. The normalized spacial score (nSPS) is 15.8. The van der Waals surface area contributed by atoms with Crippen molar-refractivity contribution in [1.29, 1.82) is 0 Å². The van der Waals surface area contributed by atoms with Gasteiger partial charge in [0.15, 0.2) is 0 Å². The number of hydrogen-bond donors (Lipinski definition) is 1. The SMILES string of the molecule is CC(C1CC1)n1nccc1NC(=O)CSc1ccc(C(C)(C)C)cc1. The number of thioether (sulfide) groups is 1. The highest BCUT2D eigenvalue weighted by Gasteiger charge is 2.30. The zero-order chi connectivity index (χ0) is 18.0. The molecule has 1 heterocycles. The van der Waals surface area contributed by atoms with E-state index >= 15 is 0 Å². The van der Waals surface area contributed by atoms with Crippen molar-refractivity contribution in [2.24, 2.45) is 5.92 Å². The Hall–Kier alpha value is -1.75. The number of carbonyl (C=O) groups excluding carboxylic acids is 1. The highest BCUT2D eigenvalue weighted by Crippen LogP contribution is 2.40. The Labute approximate surface area is 154 Å². The van der Waals surface area contributed by atoms with E-state index in [1.807, 2.05) is 10.7 Å². The van der Waals surface area contributed by atoms with Crippen LogP contribution in [0, 0.1) is 5.92 Å². The molecule has 1 aromatic carbocycles. The topological polar surface area (TPSA) is 46.9 Å². The second-order valence-electron chi connectivity index (χ2n) is 7.85. The Morgan fingerprint density at radius 2 is 1.96 bits per heavy atom. The number of nitrogens with zero attached hydrogens (tertiary/aromatic N) is 2. The molecule has 3 rings (SSSR count). The first-order chi connectivity index (χ1) is 11.8. The Morgan fingerprint density at radius 3 is 2.56 bits per heavy atom. The van der Waals surface area contributed by atoms with Gasteiger partial charge in [0.25, 0.3) is 0 Å². The number of aromatic nitrogens is 2. The van der Waals surface area contributed by atoms with Crippen molar-refractivity contribution in [2.45, 2.75) is 56.9 Å². The summed E-state index contributed by atoms with van der Waals surface area (Å²) in [6.45, 7) is 8.78. The maximum Gasteiger partial charge on any atom is 0.235 e. The number of hydrogen-bond acceptors (Lipinski definition) is 3. The van der Waals surface area contributed by atoms with Crippen molar-refractivity contribution in [2.75, 3.05) is 11.1 Å². The number of nitrogens with one attached hydrogen (secondary N) is 1. The lowest BCUT2D eigenvalue weighted by Gasteiger charge is -2.19. The smallest absolute Gasteiger partial charge is 0.235 e. The molecular formula is C20H27N3OS. The van der Waals surface area contributed by atoms with Gasteiger partial charge in [-0.05, 0) is 48.8 Å². The van der Waals surface area contributed by atoms with Gasteiger partial charge in [0.05, 0.1) is 18.0 Å². The van der Waals surface area contributed by atoms with Gasteiger partial charge in [-0.2, -0.15) is 5.10 Å². The van der Waals surface area contributed by atoms with Gasteiger partial charge in [0, 0.05) is 11.0 Å². The molecule has 1 amide bonds. The number of rotatable bonds is 6. The molecule has 1 saturated carbocycles. The summed E-state index contributed by atoms with van der Waals surface area (Å²) in [6.07, 6.45) is 4.27. The minimum Gasteiger partial charge on any atom is -0.310 e. The fourth-order valence-corrected chi connectivity index (χ4v) is 3.59. The van der Waals surface area contributed by atoms with E-state index < -0.39 is 0 Å². The first-order valence-electron chi connectivity index (χ1n) is 8.91. The summed E-state index contributed by atoms with van der Waals surface area (Å²) in [5.41, 5.74) is 1.45. The third-order valence-electron chi connectivity index (χ3n) is 4.72. The average molecular weight is 358 g/mol. The molecule has 1 N–H and O–H groups in total. The molecule has 25 heavy (non-hydrogen) atoms. The van der Waals surface area contributed by atoms with E-state index in [-0.39, 0.29) is 11.3 Å². The van der Waals surface area contributed by atoms with Crippen molar-refractivity contribution in [3.8, 4) is 0 Å². The van der Waals surface area contributed by atoms with Crippen molar-refractivity contribution in [3.63, 3.8) is 0 Å². The van der Waals surface area contributed by atoms with Gasteiger partial charge in [-0.25, -0.2) is 4.68 Å². The number of amides is 1. The first-order valence-corrected chi connectivity index (χ1v) is 9.90. The Balaban J connectivity index is 1.54. The Kier molecular flexibility index (Phi) is 5.23. The van der Waals surface area contributed by atoms with E-state index in [1.165, 1.54) is 18.4 Å². The zero-order valence-corrected chi connectivity index (χ0v) is 16.3. The molecule has 134 valence electrons. The van der Waals surface area contributed by atoms with Gasteiger partial charge in [-0.15, -0.1) is 11.8 Å². The van der Waals surface area contributed by atoms with E-state index in [1.54, 1.807) is 18.0 Å². The maximum atomic E-state index is 12.3. The van der Waals surface area contributed by atoms with Crippen LogP contribution >= 0.6 is 11.8 Å². The standard InChI is InChI=1S/C20H27N3OS/c1-14(15-5-6-15)23-18(11-12-21-23)22-19(24)13-25-17-9-7-16(8-10-17)20(2,3)4/h7-12,14-15H,5-6,13H2,1-4H3,(H,22,24). The Bertz CT molecular complexity index is 726. The highest BCUT2D eigenvalue weighted by molar-refractivity contribution is 8.00. The summed E-state index contributed by atoms with van der Waals surface area (Å²) in [7, 11) is 0. The summed E-state index contributed by atoms with van der Waals surface area (Å²) in [4.78, 5) is 13.4. The predicted molar refractivity (Wildman–Crippen MR) is 104 cm³/mol. The van der Waals surface area contributed by atoms with Gasteiger partial charge in [-0.3, -0.25) is 4.79 Å². The van der Waals surface area contributed by atoms with Gasteiger partial charge in [-0.1, -0.05) is 32.9 Å². The van der Waals surface area contributed by atoms with Crippen LogP contribution in [-0.4, -0.2) is 21.4 Å². The molecule has 1 aliphatic carbocycles. The molecule has 2 aromatic rings. The van der Waals surface area contributed by atoms with E-state index in [0.29, 0.717) is 17.7 Å². The minimum absolute atomic E-state index is 0.00893. The lowest BCUT2D eigenvalue weighted by atomic mass is 9.87. The first kappa shape index (κ1) is 18.1. The summed E-state index contributed by atoms with van der Waals surface area (Å²) >= 11 is 1.56. The number of benzene rings is 1. The van der Waals surface area contributed by atoms with E-state index in [9.17, 15) is 4.79 Å². The molecule has 0 radical (unpaired) electrons. The van der Waals surface area contributed by atoms with Crippen LogP contribution in [0.25, 0.3) is 0 Å². The molecule has 0 aliphatic heterocycles. The highest BCUT2D eigenvalue weighted by atomic mass is 32.2. The van der Waals surface area contributed by atoms with Crippen molar-refractivity contribution < 1.29 is 4.79 Å². The van der Waals surface area contributed by atoms with Crippen molar-refractivity contribution in [3.05, 3.63) is 42.1 Å². The lowest BCUT2D eigenvalue weighted by molar-refractivity contribution is -0.113. The maximum absolute atomic E-state index is 12.3. The van der Waals surface area contributed by atoms with Crippen molar-refractivity contribution in [1.82, 2.24) is 9.78 Å². The van der Waals surface area contributed by atoms with E-state index in [2.05, 4.69) is 62.4 Å². The average Bonchev–Trinajstić information content (AvgIpc) is 3.32. The molecule has 0 spiro atoms. The third kappa shape index (κ3) is 4.66. The van der Waals surface area contributed by atoms with Gasteiger partial charge in [0.2, 0.25) is 5.91 Å². The van der Waals surface area contributed by atoms with Gasteiger partial charge < -0.3 is 5.32 Å². The lowest BCUT2D eigenvalue weighted by Crippen LogP contribution is -2.19. The quantitative estimate of drug-likeness (QED) is 0.749. The summed E-state index contributed by atoms with van der Waals surface area (Å²) in [6, 6.07) is 10.7. The Morgan fingerprint density at radius 1 is 1.28 bits per heavy atom. The van der Waals surface area contributed by atoms with Crippen LogP contribution in [0.1, 0.15) is 52.1 Å². The summed E-state index contributed by atoms with van der Waals surface area (Å²) in [5.74, 6) is 1.91. The van der Waals surface area contributed by atoms with Crippen LogP contribution in [-0.2, 0) is 10.2 Å². The second-order valence-corrected chi connectivity index (χ2v) is 8.90. The van der Waals surface area contributed by atoms with Gasteiger partial charge in [0.1, 0.15) is 5.82 Å². The van der Waals surface area contributed by atoms with E-state index in [4.69, 9.17) is 0 Å². The zero-order valence-electron chi connectivity index (χ0n) is 15.5. The predicted octanol–water partition coefficient (Wildman–Crippen LogP) is 4.88. The van der Waals surface area contributed by atoms with Crippen LogP contribution in [0.4, 0.5) is 5.82 Å². The van der Waals surface area contributed by atoms with Crippen LogP contribution < -0.4 is 5.32 Å². The third-order valence-corrected chi connectivity index (χ3v) is 5.73. The van der Waals surface area contributed by atoms with Crippen molar-refractivity contribution >= 4 is 23.5 Å². The molecule has 1 aromatic heterocycles. The number of carbonyl (C=O) groups is 1. The van der Waals surface area contributed by atoms with Crippen LogP contribution in [0.3, 0.4) is 0 Å². The molecule has 0 saturated heterocycles. The second kappa shape index (κ2) is 7.24. The fourth-order valence-electron chi connectivity index (χ4n) is 2.90. The molecule has 5 heteroatoms. The van der Waals surface area contributed by atoms with Crippen LogP contribution in [0.5, 0.6) is 0 Å². The largest absolute Gasteiger partial charge is 0.310 e. The monoisotopic (exact) mass is 357 g/mol. The minimum atomic E-state index is 0.00893. The molecular weight excluding hydrogens is 330 g/mol. The number of anilines is 1. The molecule has 0 bridgehead atoms. The van der Waals surface area contributed by atoms with Crippen LogP contribution in [0.2, 0.25) is 0 Å².